The Bertz CT molecular complexity index is 219. The zero-order chi connectivity index (χ0) is 10.0. The van der Waals surface area contributed by atoms with Gasteiger partial charge >= 0.3 is 0 Å². The summed E-state index contributed by atoms with van der Waals surface area (Å²) >= 11 is 2.05. The van der Waals surface area contributed by atoms with E-state index in [0.717, 1.165) is 6.42 Å². The fourth-order valence-electron chi connectivity index (χ4n) is 2.21. The average Bonchev–Trinajstić information content (AvgIpc) is 2.85. The van der Waals surface area contributed by atoms with E-state index in [0.29, 0.717) is 11.3 Å². The minimum absolute atomic E-state index is 0.369. The third kappa shape index (κ3) is 2.64. The van der Waals surface area contributed by atoms with Crippen molar-refractivity contribution >= 4 is 17.6 Å². The second-order valence-corrected chi connectivity index (χ2v) is 5.82. The zero-order valence-electron chi connectivity index (χ0n) is 8.59. The molecule has 0 bridgehead atoms. The van der Waals surface area contributed by atoms with Crippen LogP contribution in [0.1, 0.15) is 19.3 Å². The Hall–Kier alpha value is -0.220. The van der Waals surface area contributed by atoms with Crippen LogP contribution in [0, 0.1) is 10.8 Å². The van der Waals surface area contributed by atoms with Crippen molar-refractivity contribution in [2.75, 3.05) is 31.1 Å². The first kappa shape index (κ1) is 10.3. The lowest BCUT2D eigenvalue weighted by Crippen LogP contribution is -2.38. The van der Waals surface area contributed by atoms with Crippen molar-refractivity contribution in [2.24, 2.45) is 11.1 Å². The van der Waals surface area contributed by atoms with Gasteiger partial charge in [0, 0.05) is 37.6 Å². The van der Waals surface area contributed by atoms with Gasteiger partial charge < -0.3 is 10.6 Å². The Balaban J connectivity index is 1.80. The van der Waals surface area contributed by atoms with Crippen LogP contribution in [-0.4, -0.2) is 41.9 Å². The van der Waals surface area contributed by atoms with Crippen LogP contribution in [-0.2, 0) is 0 Å². The van der Waals surface area contributed by atoms with Crippen LogP contribution in [0.15, 0.2) is 0 Å². The van der Waals surface area contributed by atoms with Crippen LogP contribution in [0.5, 0.6) is 0 Å². The van der Waals surface area contributed by atoms with E-state index in [9.17, 15) is 0 Å². The van der Waals surface area contributed by atoms with Gasteiger partial charge in [0.15, 0.2) is 0 Å². The van der Waals surface area contributed by atoms with Crippen molar-refractivity contribution in [3.05, 3.63) is 0 Å². The third-order valence-electron chi connectivity index (χ3n) is 3.19. The molecule has 4 heteroatoms. The maximum atomic E-state index is 7.36. The molecule has 0 atom stereocenters. The Labute approximate surface area is 89.9 Å². The molecule has 1 aliphatic heterocycles. The summed E-state index contributed by atoms with van der Waals surface area (Å²) in [6.45, 7) is 3.63. The summed E-state index contributed by atoms with van der Waals surface area (Å²) in [4.78, 5) is 2.55. The first-order valence-electron chi connectivity index (χ1n) is 5.33. The van der Waals surface area contributed by atoms with Crippen LogP contribution in [0.25, 0.3) is 0 Å². The second-order valence-electron chi connectivity index (χ2n) is 4.59. The molecular formula is C10H19N3S. The molecule has 2 aliphatic rings. The Morgan fingerprint density at radius 1 is 1.36 bits per heavy atom. The van der Waals surface area contributed by atoms with Gasteiger partial charge in [-0.15, -0.1) is 0 Å². The molecule has 0 spiro atoms. The molecule has 1 heterocycles. The SMILES string of the molecule is N=C(N)CC1(CN2CCSCC2)CC1. The van der Waals surface area contributed by atoms with Gasteiger partial charge in [-0.1, -0.05) is 0 Å². The topological polar surface area (TPSA) is 53.1 Å². The number of nitrogens with one attached hydrogen (secondary N) is 1. The molecule has 0 aromatic heterocycles. The van der Waals surface area contributed by atoms with E-state index in [1.165, 1.54) is 44.0 Å². The highest BCUT2D eigenvalue weighted by atomic mass is 32.2. The summed E-state index contributed by atoms with van der Waals surface area (Å²) < 4.78 is 0. The molecule has 0 aromatic rings. The fourth-order valence-corrected chi connectivity index (χ4v) is 3.18. The van der Waals surface area contributed by atoms with Crippen LogP contribution >= 0.6 is 11.8 Å². The van der Waals surface area contributed by atoms with Gasteiger partial charge in [0.25, 0.3) is 0 Å². The molecule has 1 saturated carbocycles. The van der Waals surface area contributed by atoms with Crippen LogP contribution in [0.4, 0.5) is 0 Å². The highest BCUT2D eigenvalue weighted by Gasteiger charge is 2.44. The van der Waals surface area contributed by atoms with Gasteiger partial charge in [0.2, 0.25) is 0 Å². The summed E-state index contributed by atoms with van der Waals surface area (Å²) in [6, 6.07) is 0. The van der Waals surface area contributed by atoms with E-state index in [1.807, 2.05) is 0 Å². The summed E-state index contributed by atoms with van der Waals surface area (Å²) in [7, 11) is 0. The van der Waals surface area contributed by atoms with E-state index in [-0.39, 0.29) is 0 Å². The largest absolute Gasteiger partial charge is 0.388 e. The quantitative estimate of drug-likeness (QED) is 0.544. The Kier molecular flexibility index (Phi) is 3.02. The molecule has 2 fully saturated rings. The van der Waals surface area contributed by atoms with Gasteiger partial charge in [-0.3, -0.25) is 5.41 Å². The molecular weight excluding hydrogens is 194 g/mol. The summed E-state index contributed by atoms with van der Waals surface area (Å²) in [5.41, 5.74) is 5.88. The van der Waals surface area contributed by atoms with E-state index >= 15 is 0 Å². The van der Waals surface area contributed by atoms with E-state index in [1.54, 1.807) is 0 Å². The smallest absolute Gasteiger partial charge is 0.0911 e. The van der Waals surface area contributed by atoms with Gasteiger partial charge in [-0.25, -0.2) is 0 Å². The third-order valence-corrected chi connectivity index (χ3v) is 4.13. The molecule has 0 unspecified atom stereocenters. The number of hydrogen-bond donors (Lipinski definition) is 2. The standard InChI is InChI=1S/C10H19N3S/c11-9(12)7-10(1-2-10)8-13-3-5-14-6-4-13/h1-8H2,(H3,11,12). The summed E-state index contributed by atoms with van der Waals surface area (Å²) in [5, 5.41) is 7.36. The normalized spacial score (nSPS) is 26.0. The van der Waals surface area contributed by atoms with Crippen molar-refractivity contribution in [3.8, 4) is 0 Å². The van der Waals surface area contributed by atoms with E-state index < -0.39 is 0 Å². The molecule has 14 heavy (non-hydrogen) atoms. The fraction of sp³-hybridized carbons (Fsp3) is 0.900. The average molecular weight is 213 g/mol. The van der Waals surface area contributed by atoms with Crippen LogP contribution in [0.3, 0.4) is 0 Å². The van der Waals surface area contributed by atoms with Gasteiger partial charge in [-0.2, -0.15) is 11.8 Å². The van der Waals surface area contributed by atoms with E-state index in [4.69, 9.17) is 11.1 Å². The lowest BCUT2D eigenvalue weighted by molar-refractivity contribution is 0.242. The lowest BCUT2D eigenvalue weighted by Gasteiger charge is -2.30. The van der Waals surface area contributed by atoms with Crippen molar-refractivity contribution in [1.82, 2.24) is 4.90 Å². The van der Waals surface area contributed by atoms with Gasteiger partial charge in [-0.05, 0) is 18.3 Å². The van der Waals surface area contributed by atoms with Crippen molar-refractivity contribution < 1.29 is 0 Å². The predicted octanol–water partition coefficient (Wildman–Crippen LogP) is 1.14. The molecule has 3 nitrogen and oxygen atoms in total. The molecule has 0 amide bonds. The predicted molar refractivity (Wildman–Crippen MR) is 62.0 cm³/mol. The molecule has 0 aromatic carbocycles. The monoisotopic (exact) mass is 213 g/mol. The van der Waals surface area contributed by atoms with Crippen molar-refractivity contribution in [3.63, 3.8) is 0 Å². The maximum absolute atomic E-state index is 7.36. The molecule has 80 valence electrons. The summed E-state index contributed by atoms with van der Waals surface area (Å²) in [5.74, 6) is 2.92. The first-order chi connectivity index (χ1) is 6.70. The molecule has 3 N–H and O–H groups in total. The number of rotatable bonds is 4. The number of thioether (sulfide) groups is 1. The molecule has 0 radical (unpaired) electrons. The Morgan fingerprint density at radius 2 is 2.00 bits per heavy atom. The Morgan fingerprint density at radius 3 is 2.50 bits per heavy atom. The van der Waals surface area contributed by atoms with Gasteiger partial charge in [0.05, 0.1) is 5.84 Å². The van der Waals surface area contributed by atoms with Crippen molar-refractivity contribution in [2.45, 2.75) is 19.3 Å². The van der Waals surface area contributed by atoms with Crippen molar-refractivity contribution in [1.29, 1.82) is 5.41 Å². The number of hydrogen-bond acceptors (Lipinski definition) is 3. The minimum atomic E-state index is 0.369. The van der Waals surface area contributed by atoms with Crippen LogP contribution < -0.4 is 5.73 Å². The molecule has 1 saturated heterocycles. The zero-order valence-corrected chi connectivity index (χ0v) is 9.41. The molecule has 1 aliphatic carbocycles. The lowest BCUT2D eigenvalue weighted by atomic mass is 10.0. The van der Waals surface area contributed by atoms with Crippen LogP contribution in [0.2, 0.25) is 0 Å². The number of nitrogens with zero attached hydrogens (tertiary/aromatic N) is 1. The maximum Gasteiger partial charge on any atom is 0.0911 e. The molecule has 2 rings (SSSR count). The number of nitrogens with two attached hydrogens (primary N) is 1. The minimum Gasteiger partial charge on any atom is -0.388 e. The first-order valence-corrected chi connectivity index (χ1v) is 6.49. The highest BCUT2D eigenvalue weighted by molar-refractivity contribution is 7.99. The summed E-state index contributed by atoms with van der Waals surface area (Å²) in [6.07, 6.45) is 3.36. The highest BCUT2D eigenvalue weighted by Crippen LogP contribution is 2.49. The second kappa shape index (κ2) is 4.11. The number of amidine groups is 1. The van der Waals surface area contributed by atoms with Gasteiger partial charge in [0.1, 0.15) is 0 Å². The van der Waals surface area contributed by atoms with E-state index in [2.05, 4.69) is 16.7 Å².